The van der Waals surface area contributed by atoms with Gasteiger partial charge in [-0.25, -0.2) is 4.98 Å². The van der Waals surface area contributed by atoms with E-state index in [1.807, 2.05) is 0 Å². The quantitative estimate of drug-likeness (QED) is 0.927. The van der Waals surface area contributed by atoms with Crippen molar-refractivity contribution in [3.63, 3.8) is 0 Å². The van der Waals surface area contributed by atoms with Crippen molar-refractivity contribution in [3.05, 3.63) is 11.3 Å². The molecule has 0 saturated carbocycles. The fourth-order valence-electron chi connectivity index (χ4n) is 3.20. The summed E-state index contributed by atoms with van der Waals surface area (Å²) in [4.78, 5) is 14.5. The fraction of sp³-hybridized carbons (Fsp3) is 0.765. The molecule has 5 nitrogen and oxygen atoms in total. The summed E-state index contributed by atoms with van der Waals surface area (Å²) < 4.78 is 0. The van der Waals surface area contributed by atoms with Gasteiger partial charge in [0.05, 0.1) is 5.69 Å². The van der Waals surface area contributed by atoms with Crippen LogP contribution in [-0.4, -0.2) is 42.7 Å². The molecule has 5 heteroatoms. The summed E-state index contributed by atoms with van der Waals surface area (Å²) in [6, 6.07) is 0.440. The summed E-state index contributed by atoms with van der Waals surface area (Å²) in [5.74, 6) is 2.88. The predicted octanol–water partition coefficient (Wildman–Crippen LogP) is 2.20. The molecule has 1 aromatic rings. The van der Waals surface area contributed by atoms with Crippen LogP contribution in [-0.2, 0) is 13.0 Å². The zero-order chi connectivity index (χ0) is 15.7. The second-order valence-electron chi connectivity index (χ2n) is 7.07. The molecule has 0 radical (unpaired) electrons. The van der Waals surface area contributed by atoms with Crippen LogP contribution in [0.15, 0.2) is 0 Å². The molecule has 0 amide bonds. The van der Waals surface area contributed by atoms with E-state index in [4.69, 9.17) is 9.97 Å². The van der Waals surface area contributed by atoms with Gasteiger partial charge in [-0.1, -0.05) is 6.92 Å². The van der Waals surface area contributed by atoms with Crippen LogP contribution in [0.2, 0.25) is 0 Å². The van der Waals surface area contributed by atoms with Gasteiger partial charge in [-0.3, -0.25) is 0 Å². The van der Waals surface area contributed by atoms with Gasteiger partial charge < -0.3 is 15.1 Å². The van der Waals surface area contributed by atoms with E-state index >= 15 is 0 Å². The highest BCUT2D eigenvalue weighted by molar-refractivity contribution is 5.54. The first-order chi connectivity index (χ1) is 10.6. The second kappa shape index (κ2) is 6.41. The number of aromatic nitrogens is 2. The van der Waals surface area contributed by atoms with Crippen molar-refractivity contribution in [3.8, 4) is 0 Å². The third kappa shape index (κ3) is 3.05. The number of fused-ring (bicyclic) bond motifs is 1. The van der Waals surface area contributed by atoms with Crippen LogP contribution in [0.25, 0.3) is 0 Å². The lowest BCUT2D eigenvalue weighted by Gasteiger charge is -2.33. The zero-order valence-electron chi connectivity index (χ0n) is 14.4. The number of nitrogens with zero attached hydrogens (tertiary/aromatic N) is 4. The fourth-order valence-corrected chi connectivity index (χ4v) is 3.20. The zero-order valence-corrected chi connectivity index (χ0v) is 14.4. The highest BCUT2D eigenvalue weighted by atomic mass is 15.3. The van der Waals surface area contributed by atoms with E-state index in [0.29, 0.717) is 6.04 Å². The van der Waals surface area contributed by atoms with E-state index in [-0.39, 0.29) is 0 Å². The van der Waals surface area contributed by atoms with Crippen molar-refractivity contribution in [1.29, 1.82) is 0 Å². The first-order valence-corrected chi connectivity index (χ1v) is 8.64. The number of piperidine rings is 1. The minimum atomic E-state index is 0.440. The summed E-state index contributed by atoms with van der Waals surface area (Å²) in [6.07, 6.45) is 3.50. The summed E-state index contributed by atoms with van der Waals surface area (Å²) in [5.41, 5.74) is 2.53. The van der Waals surface area contributed by atoms with Gasteiger partial charge in [0.2, 0.25) is 5.95 Å². The molecule has 2 aliphatic rings. The largest absolute Gasteiger partial charge is 0.357 e. The Hall–Kier alpha value is -1.36. The Balaban J connectivity index is 1.95. The number of anilines is 2. The van der Waals surface area contributed by atoms with Crippen molar-refractivity contribution in [1.82, 2.24) is 15.3 Å². The molecule has 22 heavy (non-hydrogen) atoms. The lowest BCUT2D eigenvalue weighted by Crippen LogP contribution is -2.37. The van der Waals surface area contributed by atoms with E-state index < -0.39 is 0 Å². The van der Waals surface area contributed by atoms with Crippen LogP contribution in [0.3, 0.4) is 0 Å². The molecule has 0 bridgehead atoms. The van der Waals surface area contributed by atoms with Crippen molar-refractivity contribution in [2.24, 2.45) is 5.92 Å². The summed E-state index contributed by atoms with van der Waals surface area (Å²) in [6.45, 7) is 10.9. The van der Waals surface area contributed by atoms with E-state index in [1.165, 1.54) is 24.1 Å². The molecule has 1 fully saturated rings. The predicted molar refractivity (Wildman–Crippen MR) is 91.6 cm³/mol. The minimum Gasteiger partial charge on any atom is -0.357 e. The molecular formula is C17H29N5. The molecule has 0 spiro atoms. The molecule has 0 aliphatic carbocycles. The van der Waals surface area contributed by atoms with Gasteiger partial charge >= 0.3 is 0 Å². The molecular weight excluding hydrogens is 274 g/mol. The van der Waals surface area contributed by atoms with Gasteiger partial charge in [-0.05, 0) is 32.6 Å². The van der Waals surface area contributed by atoms with Gasteiger partial charge in [0, 0.05) is 51.3 Å². The Morgan fingerprint density at radius 1 is 1.23 bits per heavy atom. The van der Waals surface area contributed by atoms with Crippen molar-refractivity contribution < 1.29 is 0 Å². The molecule has 122 valence electrons. The number of nitrogens with one attached hydrogen (secondary N) is 1. The minimum absolute atomic E-state index is 0.440. The first-order valence-electron chi connectivity index (χ1n) is 8.64. The maximum absolute atomic E-state index is 4.96. The highest BCUT2D eigenvalue weighted by Crippen LogP contribution is 2.28. The van der Waals surface area contributed by atoms with E-state index in [0.717, 1.165) is 50.3 Å². The third-order valence-electron chi connectivity index (χ3n) is 5.07. The van der Waals surface area contributed by atoms with E-state index in [2.05, 4.69) is 42.9 Å². The van der Waals surface area contributed by atoms with Crippen LogP contribution in [0.5, 0.6) is 0 Å². The Morgan fingerprint density at radius 2 is 1.95 bits per heavy atom. The van der Waals surface area contributed by atoms with Crippen LogP contribution < -0.4 is 15.1 Å². The molecule has 3 rings (SSSR count). The standard InChI is InChI=1S/C17H29N5/c1-12(2)21(4)16-14-11-18-8-5-15(14)19-17(20-16)22-9-6-13(3)7-10-22/h12-13,18H,5-11H2,1-4H3. The van der Waals surface area contributed by atoms with Gasteiger partial charge in [-0.15, -0.1) is 0 Å². The second-order valence-corrected chi connectivity index (χ2v) is 7.07. The van der Waals surface area contributed by atoms with Gasteiger partial charge in [0.15, 0.2) is 0 Å². The Labute approximate surface area is 134 Å². The lowest BCUT2D eigenvalue weighted by molar-refractivity contribution is 0.433. The van der Waals surface area contributed by atoms with Crippen LogP contribution in [0.4, 0.5) is 11.8 Å². The van der Waals surface area contributed by atoms with Crippen LogP contribution >= 0.6 is 0 Å². The molecule has 2 aliphatic heterocycles. The monoisotopic (exact) mass is 303 g/mol. The topological polar surface area (TPSA) is 44.3 Å². The Bertz CT molecular complexity index is 520. The van der Waals surface area contributed by atoms with Gasteiger partial charge in [-0.2, -0.15) is 4.98 Å². The third-order valence-corrected chi connectivity index (χ3v) is 5.07. The number of hydrogen-bond acceptors (Lipinski definition) is 5. The molecule has 3 heterocycles. The highest BCUT2D eigenvalue weighted by Gasteiger charge is 2.24. The van der Waals surface area contributed by atoms with Crippen molar-refractivity contribution in [2.75, 3.05) is 36.5 Å². The Kier molecular flexibility index (Phi) is 4.52. The average molecular weight is 303 g/mol. The van der Waals surface area contributed by atoms with Crippen molar-refractivity contribution >= 4 is 11.8 Å². The first kappa shape index (κ1) is 15.5. The molecule has 1 saturated heterocycles. The van der Waals surface area contributed by atoms with E-state index in [9.17, 15) is 0 Å². The van der Waals surface area contributed by atoms with Crippen LogP contribution in [0, 0.1) is 5.92 Å². The molecule has 0 aromatic carbocycles. The molecule has 1 aromatic heterocycles. The summed E-state index contributed by atoms with van der Waals surface area (Å²) >= 11 is 0. The summed E-state index contributed by atoms with van der Waals surface area (Å²) in [5, 5.41) is 3.46. The molecule has 1 N–H and O–H groups in total. The lowest BCUT2D eigenvalue weighted by atomic mass is 9.99. The smallest absolute Gasteiger partial charge is 0.227 e. The summed E-state index contributed by atoms with van der Waals surface area (Å²) in [7, 11) is 2.14. The molecule has 0 unspecified atom stereocenters. The van der Waals surface area contributed by atoms with Crippen molar-refractivity contribution in [2.45, 2.75) is 52.6 Å². The maximum Gasteiger partial charge on any atom is 0.227 e. The van der Waals surface area contributed by atoms with Crippen LogP contribution in [0.1, 0.15) is 44.9 Å². The number of hydrogen-bond donors (Lipinski definition) is 1. The SMILES string of the molecule is CC1CCN(c2nc3c(c(N(C)C(C)C)n2)CNCC3)CC1. The normalized spacial score (nSPS) is 19.4. The Morgan fingerprint density at radius 3 is 2.64 bits per heavy atom. The maximum atomic E-state index is 4.96. The number of rotatable bonds is 3. The average Bonchev–Trinajstić information content (AvgIpc) is 2.53. The van der Waals surface area contributed by atoms with Gasteiger partial charge in [0.25, 0.3) is 0 Å². The van der Waals surface area contributed by atoms with Gasteiger partial charge in [0.1, 0.15) is 5.82 Å². The molecule has 0 atom stereocenters. The van der Waals surface area contributed by atoms with E-state index in [1.54, 1.807) is 0 Å².